The number of benzene rings is 1. The number of hydrogen-bond acceptors (Lipinski definition) is 2. The summed E-state index contributed by atoms with van der Waals surface area (Å²) in [5, 5.41) is 9.09. The fourth-order valence-electron chi connectivity index (χ4n) is 1.93. The van der Waals surface area contributed by atoms with Gasteiger partial charge in [-0.15, -0.1) is 0 Å². The van der Waals surface area contributed by atoms with E-state index in [1.165, 1.54) is 0 Å². The first-order valence-electron chi connectivity index (χ1n) is 5.54. The molecule has 3 nitrogen and oxygen atoms in total. The molecule has 1 atom stereocenters. The molecule has 0 saturated heterocycles. The molecule has 1 aromatic rings. The van der Waals surface area contributed by atoms with Crippen LogP contribution < -0.4 is 5.73 Å². The van der Waals surface area contributed by atoms with E-state index in [1.54, 1.807) is 0 Å². The van der Waals surface area contributed by atoms with E-state index in [1.807, 2.05) is 32.0 Å². The Morgan fingerprint density at radius 3 is 2.38 bits per heavy atom. The first-order chi connectivity index (χ1) is 7.56. The first kappa shape index (κ1) is 12.7. The van der Waals surface area contributed by atoms with Gasteiger partial charge in [-0.1, -0.05) is 18.2 Å². The second-order valence-corrected chi connectivity index (χ2v) is 4.19. The van der Waals surface area contributed by atoms with Crippen molar-refractivity contribution in [3.05, 3.63) is 34.9 Å². The molecule has 0 amide bonds. The van der Waals surface area contributed by atoms with E-state index in [-0.39, 0.29) is 5.92 Å². The van der Waals surface area contributed by atoms with Crippen molar-refractivity contribution in [3.63, 3.8) is 0 Å². The van der Waals surface area contributed by atoms with Gasteiger partial charge in [0.15, 0.2) is 0 Å². The Balaban J connectivity index is 2.89. The van der Waals surface area contributed by atoms with Crippen LogP contribution in [0.5, 0.6) is 0 Å². The van der Waals surface area contributed by atoms with Gasteiger partial charge in [-0.3, -0.25) is 4.79 Å². The number of carboxylic acids is 1. The summed E-state index contributed by atoms with van der Waals surface area (Å²) in [6.07, 6.45) is 1.11. The zero-order chi connectivity index (χ0) is 12.1. The number of aliphatic carboxylic acids is 1. The standard InChI is InChI=1S/C13H19NO2/c1-9-4-3-5-10(2)12(9)8-11(6-7-14)13(15)16/h3-5,11H,6-8,14H2,1-2H3,(H,15,16). The molecule has 1 rings (SSSR count). The van der Waals surface area contributed by atoms with Crippen LogP contribution in [0.4, 0.5) is 0 Å². The van der Waals surface area contributed by atoms with Gasteiger partial charge in [-0.05, 0) is 49.9 Å². The Morgan fingerprint density at radius 1 is 1.38 bits per heavy atom. The third-order valence-corrected chi connectivity index (χ3v) is 2.96. The van der Waals surface area contributed by atoms with Crippen molar-refractivity contribution >= 4 is 5.97 Å². The second kappa shape index (κ2) is 5.66. The predicted octanol–water partition coefficient (Wildman–Crippen LogP) is 1.90. The van der Waals surface area contributed by atoms with Gasteiger partial charge in [0, 0.05) is 0 Å². The van der Waals surface area contributed by atoms with E-state index >= 15 is 0 Å². The van der Waals surface area contributed by atoms with Gasteiger partial charge >= 0.3 is 5.97 Å². The zero-order valence-corrected chi connectivity index (χ0v) is 9.86. The molecule has 1 unspecified atom stereocenters. The van der Waals surface area contributed by atoms with E-state index < -0.39 is 5.97 Å². The number of carbonyl (C=O) groups is 1. The number of nitrogens with two attached hydrogens (primary N) is 1. The largest absolute Gasteiger partial charge is 0.481 e. The van der Waals surface area contributed by atoms with Gasteiger partial charge < -0.3 is 10.8 Å². The van der Waals surface area contributed by atoms with Crippen molar-refractivity contribution in [1.29, 1.82) is 0 Å². The van der Waals surface area contributed by atoms with Crippen LogP contribution in [-0.2, 0) is 11.2 Å². The highest BCUT2D eigenvalue weighted by atomic mass is 16.4. The van der Waals surface area contributed by atoms with E-state index in [0.717, 1.165) is 16.7 Å². The van der Waals surface area contributed by atoms with E-state index in [2.05, 4.69) is 0 Å². The lowest BCUT2D eigenvalue weighted by Crippen LogP contribution is -2.21. The van der Waals surface area contributed by atoms with Crippen LogP contribution in [0.25, 0.3) is 0 Å². The van der Waals surface area contributed by atoms with Gasteiger partial charge in [-0.2, -0.15) is 0 Å². The van der Waals surface area contributed by atoms with E-state index in [0.29, 0.717) is 19.4 Å². The first-order valence-corrected chi connectivity index (χ1v) is 5.54. The van der Waals surface area contributed by atoms with Crippen LogP contribution in [0.2, 0.25) is 0 Å². The summed E-state index contributed by atoms with van der Waals surface area (Å²) in [5.74, 6) is -1.13. The van der Waals surface area contributed by atoms with Crippen LogP contribution in [0.3, 0.4) is 0 Å². The molecular weight excluding hydrogens is 202 g/mol. The molecule has 0 aliphatic rings. The average molecular weight is 221 g/mol. The molecule has 88 valence electrons. The fraction of sp³-hybridized carbons (Fsp3) is 0.462. The Labute approximate surface area is 96.3 Å². The molecule has 0 radical (unpaired) electrons. The summed E-state index contributed by atoms with van der Waals surface area (Å²) >= 11 is 0. The Hall–Kier alpha value is -1.35. The number of hydrogen-bond donors (Lipinski definition) is 2. The van der Waals surface area contributed by atoms with E-state index in [9.17, 15) is 4.79 Å². The number of aryl methyl sites for hydroxylation is 2. The number of carboxylic acid groups (broad SMARTS) is 1. The molecule has 0 heterocycles. The molecule has 0 aliphatic heterocycles. The minimum Gasteiger partial charge on any atom is -0.481 e. The van der Waals surface area contributed by atoms with Crippen LogP contribution in [0.15, 0.2) is 18.2 Å². The molecule has 0 fully saturated rings. The fourth-order valence-corrected chi connectivity index (χ4v) is 1.93. The summed E-state index contributed by atoms with van der Waals surface area (Å²) in [6, 6.07) is 6.03. The Morgan fingerprint density at radius 2 is 1.94 bits per heavy atom. The molecule has 0 spiro atoms. The van der Waals surface area contributed by atoms with Crippen molar-refractivity contribution in [3.8, 4) is 0 Å². The monoisotopic (exact) mass is 221 g/mol. The lowest BCUT2D eigenvalue weighted by atomic mass is 9.91. The predicted molar refractivity (Wildman–Crippen MR) is 64.4 cm³/mol. The van der Waals surface area contributed by atoms with Gasteiger partial charge in [-0.25, -0.2) is 0 Å². The highest BCUT2D eigenvalue weighted by Gasteiger charge is 2.18. The summed E-state index contributed by atoms with van der Waals surface area (Å²) < 4.78 is 0. The maximum atomic E-state index is 11.1. The maximum absolute atomic E-state index is 11.1. The van der Waals surface area contributed by atoms with Gasteiger partial charge in [0.2, 0.25) is 0 Å². The molecule has 0 saturated carbocycles. The maximum Gasteiger partial charge on any atom is 0.306 e. The molecule has 1 aromatic carbocycles. The molecule has 0 aromatic heterocycles. The molecule has 16 heavy (non-hydrogen) atoms. The van der Waals surface area contributed by atoms with Crippen molar-refractivity contribution in [2.75, 3.05) is 6.54 Å². The lowest BCUT2D eigenvalue weighted by molar-refractivity contribution is -0.141. The average Bonchev–Trinajstić information content (AvgIpc) is 2.21. The van der Waals surface area contributed by atoms with Crippen molar-refractivity contribution < 1.29 is 9.90 Å². The summed E-state index contributed by atoms with van der Waals surface area (Å²) in [7, 11) is 0. The highest BCUT2D eigenvalue weighted by molar-refractivity contribution is 5.70. The highest BCUT2D eigenvalue weighted by Crippen LogP contribution is 2.19. The van der Waals surface area contributed by atoms with Crippen LogP contribution in [0.1, 0.15) is 23.1 Å². The van der Waals surface area contributed by atoms with Crippen molar-refractivity contribution in [2.45, 2.75) is 26.7 Å². The molecule has 3 N–H and O–H groups in total. The molecular formula is C13H19NO2. The summed E-state index contributed by atoms with van der Waals surface area (Å²) in [4.78, 5) is 11.1. The molecule has 3 heteroatoms. The SMILES string of the molecule is Cc1cccc(C)c1CC(CCN)C(=O)O. The van der Waals surface area contributed by atoms with Crippen LogP contribution in [0, 0.1) is 19.8 Å². The lowest BCUT2D eigenvalue weighted by Gasteiger charge is -2.15. The number of rotatable bonds is 5. The van der Waals surface area contributed by atoms with E-state index in [4.69, 9.17) is 10.8 Å². The van der Waals surface area contributed by atoms with Gasteiger partial charge in [0.1, 0.15) is 0 Å². The Bertz CT molecular complexity index is 354. The normalized spacial score (nSPS) is 12.4. The van der Waals surface area contributed by atoms with Crippen LogP contribution in [-0.4, -0.2) is 17.6 Å². The minimum absolute atomic E-state index is 0.371. The van der Waals surface area contributed by atoms with Gasteiger partial charge in [0.25, 0.3) is 0 Å². The van der Waals surface area contributed by atoms with Crippen LogP contribution >= 0.6 is 0 Å². The van der Waals surface area contributed by atoms with Gasteiger partial charge in [0.05, 0.1) is 5.92 Å². The van der Waals surface area contributed by atoms with Crippen molar-refractivity contribution in [1.82, 2.24) is 0 Å². The molecule has 0 aliphatic carbocycles. The molecule has 0 bridgehead atoms. The zero-order valence-electron chi connectivity index (χ0n) is 9.86. The smallest absolute Gasteiger partial charge is 0.306 e. The summed E-state index contributed by atoms with van der Waals surface area (Å²) in [5.41, 5.74) is 8.89. The quantitative estimate of drug-likeness (QED) is 0.798. The topological polar surface area (TPSA) is 63.3 Å². The summed E-state index contributed by atoms with van der Waals surface area (Å²) in [6.45, 7) is 4.45. The van der Waals surface area contributed by atoms with Crippen molar-refractivity contribution in [2.24, 2.45) is 11.7 Å². The third kappa shape index (κ3) is 3.07. The Kier molecular flexibility index (Phi) is 4.50. The second-order valence-electron chi connectivity index (χ2n) is 4.19. The minimum atomic E-state index is -0.756. The third-order valence-electron chi connectivity index (χ3n) is 2.96.